The molecular weight excluding hydrogens is 272 g/mol. The zero-order valence-corrected chi connectivity index (χ0v) is 12.3. The number of benzene rings is 1. The summed E-state index contributed by atoms with van der Waals surface area (Å²) in [6, 6.07) is 6.35. The summed E-state index contributed by atoms with van der Waals surface area (Å²) in [6.07, 6.45) is -0.752. The van der Waals surface area contributed by atoms with Crippen molar-refractivity contribution < 1.29 is 23.8 Å². The Morgan fingerprint density at radius 2 is 1.43 bits per heavy atom. The van der Waals surface area contributed by atoms with E-state index in [1.165, 1.54) is 0 Å². The molecule has 21 heavy (non-hydrogen) atoms. The molecule has 0 aromatic heterocycles. The van der Waals surface area contributed by atoms with Gasteiger partial charge in [-0.1, -0.05) is 13.2 Å². The molecule has 1 rings (SSSR count). The fourth-order valence-corrected chi connectivity index (χ4v) is 1.25. The first kappa shape index (κ1) is 16.5. The summed E-state index contributed by atoms with van der Waals surface area (Å²) in [7, 11) is 0. The summed E-state index contributed by atoms with van der Waals surface area (Å²) in [5.74, 6) is -0.156. The molecule has 0 fully saturated rings. The summed E-state index contributed by atoms with van der Waals surface area (Å²) in [5.41, 5.74) is 0.614. The van der Waals surface area contributed by atoms with Crippen molar-refractivity contribution in [1.82, 2.24) is 0 Å². The fourth-order valence-electron chi connectivity index (χ4n) is 1.25. The van der Waals surface area contributed by atoms with Crippen LogP contribution < -0.4 is 9.47 Å². The van der Waals surface area contributed by atoms with Gasteiger partial charge in [-0.2, -0.15) is 0 Å². The topological polar surface area (TPSA) is 61.8 Å². The highest BCUT2D eigenvalue weighted by molar-refractivity contribution is 5.88. The van der Waals surface area contributed by atoms with E-state index < -0.39 is 18.2 Å². The van der Waals surface area contributed by atoms with Crippen LogP contribution in [-0.2, 0) is 14.3 Å². The minimum atomic E-state index is -0.752. The normalized spacial score (nSPS) is 11.2. The van der Waals surface area contributed by atoms with E-state index in [0.29, 0.717) is 22.6 Å². The third-order valence-electron chi connectivity index (χ3n) is 2.31. The fraction of sp³-hybridized carbons (Fsp3) is 0.250. The number of rotatable bonds is 6. The van der Waals surface area contributed by atoms with Crippen LogP contribution in [0.25, 0.3) is 0 Å². The summed E-state index contributed by atoms with van der Waals surface area (Å²) in [5, 5.41) is 0. The Hall–Kier alpha value is -2.56. The lowest BCUT2D eigenvalue weighted by molar-refractivity contribution is -0.156. The second kappa shape index (κ2) is 7.28. The molecule has 5 nitrogen and oxygen atoms in total. The van der Waals surface area contributed by atoms with Crippen LogP contribution in [0.15, 0.2) is 48.6 Å². The Morgan fingerprint density at radius 3 is 1.90 bits per heavy atom. The molecule has 1 aromatic rings. The first-order chi connectivity index (χ1) is 9.79. The second-order valence-electron chi connectivity index (χ2n) is 4.51. The van der Waals surface area contributed by atoms with Crippen molar-refractivity contribution in [2.45, 2.75) is 27.1 Å². The molecule has 1 unspecified atom stereocenters. The van der Waals surface area contributed by atoms with E-state index >= 15 is 0 Å². The van der Waals surface area contributed by atoms with Gasteiger partial charge in [-0.15, -0.1) is 0 Å². The molecule has 0 aliphatic rings. The van der Waals surface area contributed by atoms with Crippen LogP contribution in [0.3, 0.4) is 0 Å². The summed E-state index contributed by atoms with van der Waals surface area (Å²) in [6.45, 7) is 11.7. The van der Waals surface area contributed by atoms with Crippen LogP contribution in [0.4, 0.5) is 0 Å². The van der Waals surface area contributed by atoms with Gasteiger partial charge in [0.2, 0.25) is 6.29 Å². The van der Waals surface area contributed by atoms with E-state index in [1.807, 2.05) is 0 Å². The Balaban J connectivity index is 2.58. The van der Waals surface area contributed by atoms with Gasteiger partial charge in [0.05, 0.1) is 0 Å². The van der Waals surface area contributed by atoms with Gasteiger partial charge in [-0.05, 0) is 38.1 Å². The van der Waals surface area contributed by atoms with Crippen molar-refractivity contribution in [3.05, 3.63) is 48.6 Å². The van der Waals surface area contributed by atoms with E-state index in [4.69, 9.17) is 14.2 Å². The lowest BCUT2D eigenvalue weighted by Gasteiger charge is -2.15. The monoisotopic (exact) mass is 290 g/mol. The number of carbonyl (C=O) groups excluding carboxylic acids is 2. The molecule has 1 atom stereocenters. The third-order valence-corrected chi connectivity index (χ3v) is 2.31. The highest BCUT2D eigenvalue weighted by atomic mass is 16.7. The minimum absolute atomic E-state index is 0.299. The zero-order chi connectivity index (χ0) is 16.0. The van der Waals surface area contributed by atoms with Crippen molar-refractivity contribution >= 4 is 11.9 Å². The van der Waals surface area contributed by atoms with E-state index in [0.717, 1.165) is 0 Å². The number of ether oxygens (including phenoxy) is 3. The lowest BCUT2D eigenvalue weighted by atomic mass is 10.3. The SMILES string of the molecule is C=C(C)C(=O)Oc1ccc(OC(C)OC(=O)C(=C)C)cc1. The van der Waals surface area contributed by atoms with Crippen molar-refractivity contribution in [2.75, 3.05) is 0 Å². The van der Waals surface area contributed by atoms with Crippen molar-refractivity contribution in [2.24, 2.45) is 0 Å². The smallest absolute Gasteiger partial charge is 0.338 e. The van der Waals surface area contributed by atoms with Gasteiger partial charge in [0.1, 0.15) is 11.5 Å². The molecule has 112 valence electrons. The maximum absolute atomic E-state index is 11.3. The Labute approximate surface area is 123 Å². The van der Waals surface area contributed by atoms with Gasteiger partial charge in [0.25, 0.3) is 0 Å². The van der Waals surface area contributed by atoms with Gasteiger partial charge in [-0.25, -0.2) is 9.59 Å². The quantitative estimate of drug-likeness (QED) is 0.349. The van der Waals surface area contributed by atoms with E-state index in [-0.39, 0.29) is 0 Å². The Kier molecular flexibility index (Phi) is 5.72. The molecular formula is C16H18O5. The Bertz CT molecular complexity index is 557. The Morgan fingerprint density at radius 1 is 0.952 bits per heavy atom. The van der Waals surface area contributed by atoms with Crippen LogP contribution in [0.5, 0.6) is 11.5 Å². The predicted molar refractivity (Wildman–Crippen MR) is 77.9 cm³/mol. The maximum atomic E-state index is 11.3. The summed E-state index contributed by atoms with van der Waals surface area (Å²) < 4.78 is 15.4. The minimum Gasteiger partial charge on any atom is -0.455 e. The standard InChI is InChI=1S/C16H18O5/c1-10(2)15(17)20-12(5)19-13-6-8-14(9-7-13)21-16(18)11(3)4/h6-9,12H,1,3H2,2,4-5H3. The molecule has 0 spiro atoms. The molecule has 0 aliphatic carbocycles. The number of hydrogen-bond acceptors (Lipinski definition) is 5. The third kappa shape index (κ3) is 5.52. The predicted octanol–water partition coefficient (Wildman–Crippen LogP) is 3.01. The molecule has 0 heterocycles. The summed E-state index contributed by atoms with van der Waals surface area (Å²) >= 11 is 0. The molecule has 0 saturated carbocycles. The van der Waals surface area contributed by atoms with Crippen LogP contribution >= 0.6 is 0 Å². The van der Waals surface area contributed by atoms with Crippen LogP contribution in [0.1, 0.15) is 20.8 Å². The zero-order valence-electron chi connectivity index (χ0n) is 12.3. The number of carbonyl (C=O) groups is 2. The number of hydrogen-bond donors (Lipinski definition) is 0. The molecule has 0 saturated heterocycles. The van der Waals surface area contributed by atoms with Crippen molar-refractivity contribution in [3.8, 4) is 11.5 Å². The van der Waals surface area contributed by atoms with Gasteiger partial charge in [0.15, 0.2) is 0 Å². The van der Waals surface area contributed by atoms with E-state index in [9.17, 15) is 9.59 Å². The highest BCUT2D eigenvalue weighted by Crippen LogP contribution is 2.19. The van der Waals surface area contributed by atoms with Crippen LogP contribution in [0.2, 0.25) is 0 Å². The second-order valence-corrected chi connectivity index (χ2v) is 4.51. The van der Waals surface area contributed by atoms with E-state index in [2.05, 4.69) is 13.2 Å². The molecule has 0 aliphatic heterocycles. The first-order valence-electron chi connectivity index (χ1n) is 6.30. The average molecular weight is 290 g/mol. The van der Waals surface area contributed by atoms with Gasteiger partial charge >= 0.3 is 11.9 Å². The van der Waals surface area contributed by atoms with Gasteiger partial charge in [0, 0.05) is 18.1 Å². The van der Waals surface area contributed by atoms with Crippen LogP contribution in [-0.4, -0.2) is 18.2 Å². The molecule has 0 radical (unpaired) electrons. The lowest BCUT2D eigenvalue weighted by Crippen LogP contribution is -2.21. The average Bonchev–Trinajstić information content (AvgIpc) is 2.40. The van der Waals surface area contributed by atoms with Gasteiger partial charge in [-0.3, -0.25) is 0 Å². The molecule has 1 aromatic carbocycles. The van der Waals surface area contributed by atoms with Gasteiger partial charge < -0.3 is 14.2 Å². The largest absolute Gasteiger partial charge is 0.455 e. The number of esters is 2. The first-order valence-corrected chi connectivity index (χ1v) is 6.30. The molecule has 0 bridgehead atoms. The molecule has 0 amide bonds. The maximum Gasteiger partial charge on any atom is 0.338 e. The van der Waals surface area contributed by atoms with E-state index in [1.54, 1.807) is 45.0 Å². The summed E-state index contributed by atoms with van der Waals surface area (Å²) in [4.78, 5) is 22.7. The highest BCUT2D eigenvalue weighted by Gasteiger charge is 2.11. The van der Waals surface area contributed by atoms with Crippen LogP contribution in [0, 0.1) is 0 Å². The molecule has 5 heteroatoms. The molecule has 0 N–H and O–H groups in total. The van der Waals surface area contributed by atoms with Crippen molar-refractivity contribution in [1.29, 1.82) is 0 Å². The van der Waals surface area contributed by atoms with Crippen molar-refractivity contribution in [3.63, 3.8) is 0 Å².